The maximum absolute atomic E-state index is 12.8. The lowest BCUT2D eigenvalue weighted by Gasteiger charge is -2.33. The number of anilines is 1. The lowest BCUT2D eigenvalue weighted by Crippen LogP contribution is -2.47. The van der Waals surface area contributed by atoms with Gasteiger partial charge in [0.2, 0.25) is 0 Å². The summed E-state index contributed by atoms with van der Waals surface area (Å²) in [5.41, 5.74) is 0.566. The quantitative estimate of drug-likeness (QED) is 0.671. The second-order valence-electron chi connectivity index (χ2n) is 6.20. The molecule has 0 aromatic heterocycles. The van der Waals surface area contributed by atoms with Crippen LogP contribution >= 0.6 is 0 Å². The Labute approximate surface area is 142 Å². The Morgan fingerprint density at radius 1 is 1.38 bits per heavy atom. The molecule has 1 aromatic carbocycles. The fourth-order valence-electron chi connectivity index (χ4n) is 2.85. The number of amides is 2. The van der Waals surface area contributed by atoms with E-state index in [0.717, 1.165) is 38.8 Å². The van der Waals surface area contributed by atoms with Crippen molar-refractivity contribution in [1.29, 1.82) is 0 Å². The minimum atomic E-state index is -0.330. The summed E-state index contributed by atoms with van der Waals surface area (Å²) in [6.45, 7) is 6.04. The van der Waals surface area contributed by atoms with Crippen molar-refractivity contribution < 1.29 is 14.3 Å². The molecule has 0 saturated carbocycles. The van der Waals surface area contributed by atoms with Gasteiger partial charge in [-0.25, -0.2) is 9.18 Å². The Bertz CT molecular complexity index is 528. The summed E-state index contributed by atoms with van der Waals surface area (Å²) in [5.74, 6) is -0.330. The predicted octanol–water partition coefficient (Wildman–Crippen LogP) is 2.74. The number of urea groups is 1. The largest absolute Gasteiger partial charge is 0.392 e. The second kappa shape index (κ2) is 9.39. The number of hydrogen-bond donors (Lipinski definition) is 3. The van der Waals surface area contributed by atoms with Gasteiger partial charge in [-0.3, -0.25) is 0 Å². The highest BCUT2D eigenvalue weighted by atomic mass is 19.1. The first-order valence-corrected chi connectivity index (χ1v) is 8.41. The van der Waals surface area contributed by atoms with E-state index in [2.05, 4.69) is 22.1 Å². The molecule has 1 fully saturated rings. The summed E-state index contributed by atoms with van der Waals surface area (Å²) in [6, 6.07) is 5.53. The highest BCUT2D eigenvalue weighted by Gasteiger charge is 2.22. The number of nitrogens with zero attached hydrogens (tertiary/aromatic N) is 1. The average molecular weight is 335 g/mol. The van der Waals surface area contributed by atoms with E-state index in [1.165, 1.54) is 24.3 Å². The van der Waals surface area contributed by atoms with Gasteiger partial charge in [0.25, 0.3) is 0 Å². The van der Waals surface area contributed by atoms with Gasteiger partial charge in [-0.05, 0) is 49.9 Å². The van der Waals surface area contributed by atoms with Crippen molar-refractivity contribution in [3.63, 3.8) is 0 Å². The fourth-order valence-corrected chi connectivity index (χ4v) is 2.85. The number of β-amino-alcohol motifs (C(OH)–C–C–N with tert-alkyl or cyclic N) is 1. The normalized spacial score (nSPS) is 17.2. The zero-order chi connectivity index (χ0) is 17.4. The number of rotatable bonds is 7. The summed E-state index contributed by atoms with van der Waals surface area (Å²) >= 11 is 0. The van der Waals surface area contributed by atoms with Crippen molar-refractivity contribution in [1.82, 2.24) is 10.2 Å². The number of allylic oxidation sites excluding steroid dienone is 1. The van der Waals surface area contributed by atoms with Crippen molar-refractivity contribution in [2.24, 2.45) is 0 Å². The van der Waals surface area contributed by atoms with Gasteiger partial charge >= 0.3 is 6.03 Å². The van der Waals surface area contributed by atoms with Crippen LogP contribution in [-0.4, -0.2) is 47.8 Å². The first-order valence-electron chi connectivity index (χ1n) is 8.41. The number of likely N-dealkylation sites (tertiary alicyclic amines) is 1. The van der Waals surface area contributed by atoms with E-state index < -0.39 is 0 Å². The van der Waals surface area contributed by atoms with Gasteiger partial charge in [0.1, 0.15) is 5.82 Å². The Morgan fingerprint density at radius 3 is 2.67 bits per heavy atom. The molecule has 0 radical (unpaired) electrons. The van der Waals surface area contributed by atoms with Gasteiger partial charge in [0.15, 0.2) is 0 Å². The number of aliphatic hydroxyl groups excluding tert-OH is 1. The molecule has 6 heteroatoms. The van der Waals surface area contributed by atoms with Gasteiger partial charge in [-0.1, -0.05) is 6.08 Å². The lowest BCUT2D eigenvalue weighted by atomic mass is 10.0. The second-order valence-corrected chi connectivity index (χ2v) is 6.20. The third-order valence-corrected chi connectivity index (χ3v) is 4.20. The summed E-state index contributed by atoms with van der Waals surface area (Å²) in [4.78, 5) is 14.2. The van der Waals surface area contributed by atoms with Crippen LogP contribution in [0.25, 0.3) is 0 Å². The molecule has 2 amide bonds. The number of halogens is 1. The molecular formula is C18H26FN3O2. The highest BCUT2D eigenvalue weighted by molar-refractivity contribution is 5.89. The van der Waals surface area contributed by atoms with E-state index in [1.807, 2.05) is 6.08 Å². The highest BCUT2D eigenvalue weighted by Crippen LogP contribution is 2.13. The standard InChI is InChI=1S/C18H26FN3O2/c1-2-3-4-17(23)13-22-11-9-16(10-12-22)21-18(24)20-15-7-5-14(19)6-8-15/h2,5-8,16-17,23H,1,3-4,9-13H2,(H2,20,21,24). The van der Waals surface area contributed by atoms with Gasteiger partial charge in [0, 0.05) is 31.4 Å². The van der Waals surface area contributed by atoms with E-state index in [4.69, 9.17) is 0 Å². The molecule has 1 heterocycles. The topological polar surface area (TPSA) is 64.6 Å². The van der Waals surface area contributed by atoms with Crippen LogP contribution in [0, 0.1) is 5.82 Å². The summed E-state index contributed by atoms with van der Waals surface area (Å²) < 4.78 is 12.8. The van der Waals surface area contributed by atoms with E-state index in [-0.39, 0.29) is 24.0 Å². The molecule has 1 atom stereocenters. The minimum absolute atomic E-state index is 0.118. The van der Waals surface area contributed by atoms with Crippen LogP contribution in [0.1, 0.15) is 25.7 Å². The number of carbonyl (C=O) groups is 1. The molecule has 0 aliphatic carbocycles. The van der Waals surface area contributed by atoms with Crippen LogP contribution in [0.3, 0.4) is 0 Å². The van der Waals surface area contributed by atoms with Crippen molar-refractivity contribution in [2.45, 2.75) is 37.8 Å². The maximum atomic E-state index is 12.8. The number of benzene rings is 1. The third kappa shape index (κ3) is 6.29. The minimum Gasteiger partial charge on any atom is -0.392 e. The van der Waals surface area contributed by atoms with Crippen LogP contribution in [-0.2, 0) is 0 Å². The van der Waals surface area contributed by atoms with Crippen molar-refractivity contribution in [3.05, 3.63) is 42.7 Å². The van der Waals surface area contributed by atoms with Gasteiger partial charge in [0.05, 0.1) is 6.10 Å². The molecule has 1 saturated heterocycles. The number of carbonyl (C=O) groups excluding carboxylic acids is 1. The number of piperidine rings is 1. The van der Waals surface area contributed by atoms with Crippen molar-refractivity contribution in [3.8, 4) is 0 Å². The summed E-state index contributed by atoms with van der Waals surface area (Å²) in [7, 11) is 0. The molecule has 2 rings (SSSR count). The first kappa shape index (κ1) is 18.4. The molecule has 1 unspecified atom stereocenters. The molecule has 5 nitrogen and oxygen atoms in total. The summed E-state index contributed by atoms with van der Waals surface area (Å²) in [6.07, 6.45) is 4.76. The molecule has 3 N–H and O–H groups in total. The van der Waals surface area contributed by atoms with Gasteiger partial charge < -0.3 is 20.6 Å². The van der Waals surface area contributed by atoms with Crippen LogP contribution in [0.5, 0.6) is 0 Å². The van der Waals surface area contributed by atoms with E-state index in [9.17, 15) is 14.3 Å². The van der Waals surface area contributed by atoms with Crippen LogP contribution in [0.2, 0.25) is 0 Å². The molecular weight excluding hydrogens is 309 g/mol. The SMILES string of the molecule is C=CCCC(O)CN1CCC(NC(=O)Nc2ccc(F)cc2)CC1. The summed E-state index contributed by atoms with van der Waals surface area (Å²) in [5, 5.41) is 15.6. The van der Waals surface area contributed by atoms with Crippen LogP contribution in [0.4, 0.5) is 14.9 Å². The number of hydrogen-bond acceptors (Lipinski definition) is 3. The zero-order valence-electron chi connectivity index (χ0n) is 13.9. The first-order chi connectivity index (χ1) is 11.6. The predicted molar refractivity (Wildman–Crippen MR) is 93.5 cm³/mol. The Kier molecular flexibility index (Phi) is 7.21. The Morgan fingerprint density at radius 2 is 2.04 bits per heavy atom. The molecule has 1 aliphatic heterocycles. The van der Waals surface area contributed by atoms with Crippen molar-refractivity contribution >= 4 is 11.7 Å². The maximum Gasteiger partial charge on any atom is 0.319 e. The monoisotopic (exact) mass is 335 g/mol. The van der Waals surface area contributed by atoms with Crippen LogP contribution in [0.15, 0.2) is 36.9 Å². The molecule has 1 aromatic rings. The third-order valence-electron chi connectivity index (χ3n) is 4.20. The van der Waals surface area contributed by atoms with E-state index in [1.54, 1.807) is 0 Å². The molecule has 1 aliphatic rings. The Hall–Kier alpha value is -1.92. The van der Waals surface area contributed by atoms with E-state index in [0.29, 0.717) is 12.2 Å². The van der Waals surface area contributed by atoms with Crippen LogP contribution < -0.4 is 10.6 Å². The number of aliphatic hydroxyl groups is 1. The Balaban J connectivity index is 1.67. The molecule has 0 bridgehead atoms. The van der Waals surface area contributed by atoms with Crippen molar-refractivity contribution in [2.75, 3.05) is 25.0 Å². The molecule has 132 valence electrons. The average Bonchev–Trinajstić information content (AvgIpc) is 2.57. The molecule has 0 spiro atoms. The van der Waals surface area contributed by atoms with Gasteiger partial charge in [-0.15, -0.1) is 6.58 Å². The smallest absolute Gasteiger partial charge is 0.319 e. The lowest BCUT2D eigenvalue weighted by molar-refractivity contribution is 0.0899. The van der Waals surface area contributed by atoms with E-state index >= 15 is 0 Å². The number of nitrogens with one attached hydrogen (secondary N) is 2. The zero-order valence-corrected chi connectivity index (χ0v) is 13.9. The van der Waals surface area contributed by atoms with Gasteiger partial charge in [-0.2, -0.15) is 0 Å². The fraction of sp³-hybridized carbons (Fsp3) is 0.500. The molecule has 24 heavy (non-hydrogen) atoms.